The fourth-order valence-electron chi connectivity index (χ4n) is 2.77. The van der Waals surface area contributed by atoms with E-state index in [0.717, 1.165) is 22.9 Å². The van der Waals surface area contributed by atoms with Crippen LogP contribution in [0.5, 0.6) is 0 Å². The molecule has 3 rings (SSSR count). The van der Waals surface area contributed by atoms with E-state index in [9.17, 15) is 4.79 Å². The van der Waals surface area contributed by atoms with Crippen LogP contribution >= 0.6 is 15.9 Å². The lowest BCUT2D eigenvalue weighted by Crippen LogP contribution is -2.35. The SMILES string of the molecule is O=C(NC1CCCCC1)c1ccc(-c2ccccc2Br)o1. The minimum atomic E-state index is -0.111. The smallest absolute Gasteiger partial charge is 0.287 e. The van der Waals surface area contributed by atoms with Crippen LogP contribution in [0.15, 0.2) is 45.3 Å². The summed E-state index contributed by atoms with van der Waals surface area (Å²) in [5.41, 5.74) is 0.953. The van der Waals surface area contributed by atoms with Crippen LogP contribution in [-0.4, -0.2) is 11.9 Å². The topological polar surface area (TPSA) is 42.2 Å². The molecule has 0 saturated heterocycles. The van der Waals surface area contributed by atoms with Crippen LogP contribution in [0.25, 0.3) is 11.3 Å². The molecule has 1 aromatic heterocycles. The molecule has 1 amide bonds. The minimum Gasteiger partial charge on any atom is -0.451 e. The molecule has 1 fully saturated rings. The third-order valence-corrected chi connectivity index (χ3v) is 4.60. The van der Waals surface area contributed by atoms with E-state index in [1.807, 2.05) is 30.3 Å². The van der Waals surface area contributed by atoms with E-state index in [-0.39, 0.29) is 5.91 Å². The van der Waals surface area contributed by atoms with Crippen LogP contribution in [0.1, 0.15) is 42.7 Å². The number of furan rings is 1. The Balaban J connectivity index is 1.72. The quantitative estimate of drug-likeness (QED) is 0.868. The molecule has 1 aliphatic carbocycles. The lowest BCUT2D eigenvalue weighted by atomic mass is 9.95. The number of hydrogen-bond acceptors (Lipinski definition) is 2. The average molecular weight is 348 g/mol. The molecule has 0 unspecified atom stereocenters. The van der Waals surface area contributed by atoms with Gasteiger partial charge in [-0.05, 0) is 31.0 Å². The van der Waals surface area contributed by atoms with Crippen molar-refractivity contribution in [2.24, 2.45) is 0 Å². The Bertz CT molecular complexity index is 629. The van der Waals surface area contributed by atoms with Crippen molar-refractivity contribution in [3.05, 3.63) is 46.6 Å². The second kappa shape index (κ2) is 6.48. The normalized spacial score (nSPS) is 15.9. The predicted molar refractivity (Wildman–Crippen MR) is 86.2 cm³/mol. The standard InChI is InChI=1S/C17H18BrNO2/c18-14-9-5-4-8-13(14)15-10-11-16(21-15)17(20)19-12-6-2-1-3-7-12/h4-5,8-12H,1-3,6-7H2,(H,19,20). The van der Waals surface area contributed by atoms with Gasteiger partial charge in [-0.15, -0.1) is 0 Å². The van der Waals surface area contributed by atoms with Crippen molar-refractivity contribution in [2.45, 2.75) is 38.1 Å². The van der Waals surface area contributed by atoms with Gasteiger partial charge >= 0.3 is 0 Å². The van der Waals surface area contributed by atoms with Crippen LogP contribution in [0.2, 0.25) is 0 Å². The first-order valence-electron chi connectivity index (χ1n) is 7.39. The molecule has 1 aromatic carbocycles. The molecule has 1 aliphatic rings. The van der Waals surface area contributed by atoms with Gasteiger partial charge in [0.2, 0.25) is 0 Å². The van der Waals surface area contributed by atoms with E-state index in [4.69, 9.17) is 4.42 Å². The van der Waals surface area contributed by atoms with Gasteiger partial charge in [-0.2, -0.15) is 0 Å². The summed E-state index contributed by atoms with van der Waals surface area (Å²) in [6.07, 6.45) is 5.82. The first-order valence-corrected chi connectivity index (χ1v) is 8.19. The van der Waals surface area contributed by atoms with Gasteiger partial charge in [-0.1, -0.05) is 53.4 Å². The Hall–Kier alpha value is -1.55. The Morgan fingerprint density at radius 3 is 2.62 bits per heavy atom. The number of carbonyl (C=O) groups excluding carboxylic acids is 1. The number of benzene rings is 1. The molecule has 1 N–H and O–H groups in total. The average Bonchev–Trinajstić information content (AvgIpc) is 2.98. The zero-order chi connectivity index (χ0) is 14.7. The van der Waals surface area contributed by atoms with Gasteiger partial charge < -0.3 is 9.73 Å². The number of nitrogens with one attached hydrogen (secondary N) is 1. The van der Waals surface area contributed by atoms with Gasteiger partial charge in [0, 0.05) is 16.1 Å². The highest BCUT2D eigenvalue weighted by atomic mass is 79.9. The maximum Gasteiger partial charge on any atom is 0.287 e. The molecule has 110 valence electrons. The fraction of sp³-hybridized carbons (Fsp3) is 0.353. The molecule has 3 nitrogen and oxygen atoms in total. The summed E-state index contributed by atoms with van der Waals surface area (Å²) in [6.45, 7) is 0. The molecule has 0 atom stereocenters. The van der Waals surface area contributed by atoms with E-state index in [1.165, 1.54) is 19.3 Å². The summed E-state index contributed by atoms with van der Waals surface area (Å²) in [5, 5.41) is 3.07. The highest BCUT2D eigenvalue weighted by Gasteiger charge is 2.19. The molecule has 21 heavy (non-hydrogen) atoms. The lowest BCUT2D eigenvalue weighted by molar-refractivity contribution is 0.0900. The van der Waals surface area contributed by atoms with Crippen molar-refractivity contribution in [2.75, 3.05) is 0 Å². The van der Waals surface area contributed by atoms with Gasteiger partial charge in [0.25, 0.3) is 5.91 Å². The molecule has 4 heteroatoms. The van der Waals surface area contributed by atoms with E-state index in [1.54, 1.807) is 6.07 Å². The fourth-order valence-corrected chi connectivity index (χ4v) is 3.25. The third-order valence-electron chi connectivity index (χ3n) is 3.91. The van der Waals surface area contributed by atoms with Crippen molar-refractivity contribution < 1.29 is 9.21 Å². The second-order valence-electron chi connectivity index (χ2n) is 5.45. The molecule has 0 radical (unpaired) electrons. The van der Waals surface area contributed by atoms with Crippen LogP contribution in [0, 0.1) is 0 Å². The number of hydrogen-bond donors (Lipinski definition) is 1. The van der Waals surface area contributed by atoms with E-state index < -0.39 is 0 Å². The number of carbonyl (C=O) groups is 1. The van der Waals surface area contributed by atoms with E-state index in [0.29, 0.717) is 17.6 Å². The summed E-state index contributed by atoms with van der Waals surface area (Å²) in [4.78, 5) is 12.2. The maximum atomic E-state index is 12.2. The second-order valence-corrected chi connectivity index (χ2v) is 6.31. The molecule has 0 bridgehead atoms. The molecular weight excluding hydrogens is 330 g/mol. The van der Waals surface area contributed by atoms with Crippen molar-refractivity contribution >= 4 is 21.8 Å². The molecule has 0 aliphatic heterocycles. The Labute approximate surface area is 132 Å². The Morgan fingerprint density at radius 1 is 1.10 bits per heavy atom. The van der Waals surface area contributed by atoms with E-state index >= 15 is 0 Å². The van der Waals surface area contributed by atoms with Gasteiger partial charge in [0.15, 0.2) is 5.76 Å². The summed E-state index contributed by atoms with van der Waals surface area (Å²) in [7, 11) is 0. The summed E-state index contributed by atoms with van der Waals surface area (Å²) < 4.78 is 6.67. The largest absolute Gasteiger partial charge is 0.451 e. The van der Waals surface area contributed by atoms with Crippen molar-refractivity contribution in [3.63, 3.8) is 0 Å². The highest BCUT2D eigenvalue weighted by Crippen LogP contribution is 2.29. The molecule has 0 spiro atoms. The molecule has 2 aromatic rings. The predicted octanol–water partition coefficient (Wildman–Crippen LogP) is 4.77. The highest BCUT2D eigenvalue weighted by molar-refractivity contribution is 9.10. The van der Waals surface area contributed by atoms with Gasteiger partial charge in [-0.25, -0.2) is 0 Å². The van der Waals surface area contributed by atoms with Crippen LogP contribution in [0.4, 0.5) is 0 Å². The van der Waals surface area contributed by atoms with Crippen molar-refractivity contribution in [1.82, 2.24) is 5.32 Å². The zero-order valence-corrected chi connectivity index (χ0v) is 13.4. The maximum absolute atomic E-state index is 12.2. The zero-order valence-electron chi connectivity index (χ0n) is 11.8. The van der Waals surface area contributed by atoms with Crippen LogP contribution < -0.4 is 5.32 Å². The summed E-state index contributed by atoms with van der Waals surface area (Å²) in [5.74, 6) is 0.975. The van der Waals surface area contributed by atoms with E-state index in [2.05, 4.69) is 21.2 Å². The van der Waals surface area contributed by atoms with Crippen LogP contribution in [0.3, 0.4) is 0 Å². The first kappa shape index (κ1) is 14.4. The minimum absolute atomic E-state index is 0.111. The van der Waals surface area contributed by atoms with Crippen LogP contribution in [-0.2, 0) is 0 Å². The number of halogens is 1. The molecular formula is C17H18BrNO2. The van der Waals surface area contributed by atoms with Crippen molar-refractivity contribution in [3.8, 4) is 11.3 Å². The first-order chi connectivity index (χ1) is 10.2. The Morgan fingerprint density at radius 2 is 1.86 bits per heavy atom. The summed E-state index contributed by atoms with van der Waals surface area (Å²) >= 11 is 3.50. The molecule has 1 heterocycles. The third kappa shape index (κ3) is 3.38. The van der Waals surface area contributed by atoms with Gasteiger partial charge in [0.05, 0.1) is 0 Å². The van der Waals surface area contributed by atoms with Gasteiger partial charge in [0.1, 0.15) is 5.76 Å². The number of amides is 1. The lowest BCUT2D eigenvalue weighted by Gasteiger charge is -2.22. The monoisotopic (exact) mass is 347 g/mol. The van der Waals surface area contributed by atoms with Crippen molar-refractivity contribution in [1.29, 1.82) is 0 Å². The number of rotatable bonds is 3. The molecule has 1 saturated carbocycles. The van der Waals surface area contributed by atoms with Gasteiger partial charge in [-0.3, -0.25) is 4.79 Å². The summed E-state index contributed by atoms with van der Waals surface area (Å²) in [6, 6.07) is 11.7. The Kier molecular flexibility index (Phi) is 4.44.